The van der Waals surface area contributed by atoms with E-state index < -0.39 is 0 Å². The quantitative estimate of drug-likeness (QED) is 0.222. The van der Waals surface area contributed by atoms with Gasteiger partial charge in [-0.1, -0.05) is 53.6 Å². The molecule has 0 amide bonds. The van der Waals surface area contributed by atoms with Crippen molar-refractivity contribution in [2.75, 3.05) is 0 Å². The number of benzene rings is 5. The highest BCUT2D eigenvalue weighted by Gasteiger charge is 2.23. The third-order valence-corrected chi connectivity index (χ3v) is 9.05. The molecule has 0 N–H and O–H groups in total. The van der Waals surface area contributed by atoms with Crippen LogP contribution in [0.3, 0.4) is 0 Å². The second-order valence-corrected chi connectivity index (χ2v) is 11.8. The molecular formula is C36H27N3S. The minimum Gasteiger partial charge on any atom is -0.295 e. The van der Waals surface area contributed by atoms with Crippen LogP contribution in [0, 0.1) is 20.8 Å². The molecule has 8 rings (SSSR count). The Balaban J connectivity index is 1.47. The molecule has 3 aromatic heterocycles. The number of thiazole rings is 1. The first-order valence-corrected chi connectivity index (χ1v) is 14.5. The highest BCUT2D eigenvalue weighted by Crippen LogP contribution is 2.42. The highest BCUT2D eigenvalue weighted by molar-refractivity contribution is 7.21. The molecule has 0 fully saturated rings. The number of aryl methyl sites for hydroxylation is 3. The molecule has 0 aliphatic rings. The van der Waals surface area contributed by atoms with Crippen LogP contribution in [0.25, 0.3) is 65.0 Å². The van der Waals surface area contributed by atoms with Crippen molar-refractivity contribution in [3.05, 3.63) is 126 Å². The Morgan fingerprint density at radius 1 is 0.625 bits per heavy atom. The number of nitrogens with zero attached hydrogens (tertiary/aromatic N) is 3. The van der Waals surface area contributed by atoms with E-state index in [0.717, 1.165) is 21.8 Å². The molecule has 5 aromatic carbocycles. The molecule has 0 aliphatic carbocycles. The number of aromatic nitrogens is 3. The molecule has 0 saturated carbocycles. The van der Waals surface area contributed by atoms with Crippen molar-refractivity contribution in [3.8, 4) is 21.9 Å². The predicted octanol–water partition coefficient (Wildman–Crippen LogP) is 9.93. The second-order valence-electron chi connectivity index (χ2n) is 10.7. The first-order chi connectivity index (χ1) is 19.6. The number of fused-ring (bicyclic) bond motifs is 6. The summed E-state index contributed by atoms with van der Waals surface area (Å²) in [5.74, 6) is 0. The van der Waals surface area contributed by atoms with Crippen molar-refractivity contribution in [2.24, 2.45) is 0 Å². The van der Waals surface area contributed by atoms with E-state index in [1.807, 2.05) is 0 Å². The molecule has 0 saturated heterocycles. The number of rotatable bonds is 3. The Morgan fingerprint density at radius 2 is 1.30 bits per heavy atom. The van der Waals surface area contributed by atoms with Gasteiger partial charge in [0, 0.05) is 27.4 Å². The summed E-state index contributed by atoms with van der Waals surface area (Å²) in [5, 5.41) is 4.94. The Labute approximate surface area is 236 Å². The first-order valence-electron chi connectivity index (χ1n) is 13.6. The van der Waals surface area contributed by atoms with Crippen LogP contribution < -0.4 is 0 Å². The molecule has 0 unspecified atom stereocenters. The summed E-state index contributed by atoms with van der Waals surface area (Å²) in [4.78, 5) is 4.92. The minimum atomic E-state index is 1.06. The van der Waals surface area contributed by atoms with Crippen LogP contribution in [0.15, 0.2) is 109 Å². The lowest BCUT2D eigenvalue weighted by molar-refractivity contribution is 1.06. The van der Waals surface area contributed by atoms with Gasteiger partial charge < -0.3 is 0 Å². The Hall–Kier alpha value is -4.67. The molecule has 192 valence electrons. The van der Waals surface area contributed by atoms with E-state index in [0.29, 0.717) is 0 Å². The van der Waals surface area contributed by atoms with E-state index in [4.69, 9.17) is 4.98 Å². The van der Waals surface area contributed by atoms with Gasteiger partial charge in [-0.3, -0.25) is 9.13 Å². The Morgan fingerprint density at radius 3 is 2.00 bits per heavy atom. The van der Waals surface area contributed by atoms with E-state index in [-0.39, 0.29) is 0 Å². The van der Waals surface area contributed by atoms with Gasteiger partial charge in [0.05, 0.1) is 26.9 Å². The lowest BCUT2D eigenvalue weighted by Gasteiger charge is -2.15. The van der Waals surface area contributed by atoms with E-state index in [9.17, 15) is 0 Å². The third kappa shape index (κ3) is 3.39. The van der Waals surface area contributed by atoms with Crippen LogP contribution in [0.2, 0.25) is 0 Å². The Kier molecular flexibility index (Phi) is 5.04. The van der Waals surface area contributed by atoms with E-state index in [1.165, 1.54) is 59.9 Å². The van der Waals surface area contributed by atoms with Gasteiger partial charge in [-0.25, -0.2) is 4.98 Å². The van der Waals surface area contributed by atoms with Crippen molar-refractivity contribution >= 4 is 54.4 Å². The van der Waals surface area contributed by atoms with Gasteiger partial charge in [0.2, 0.25) is 0 Å². The molecule has 4 heteroatoms. The maximum Gasteiger partial charge on any atom is 0.131 e. The van der Waals surface area contributed by atoms with Crippen molar-refractivity contribution in [2.45, 2.75) is 20.8 Å². The summed E-state index contributed by atoms with van der Waals surface area (Å²) in [6, 6.07) is 39.6. The van der Waals surface area contributed by atoms with Gasteiger partial charge in [0.25, 0.3) is 0 Å². The van der Waals surface area contributed by atoms with Gasteiger partial charge >= 0.3 is 0 Å². The molecule has 0 bridgehead atoms. The molecular weight excluding hydrogens is 506 g/mol. The summed E-state index contributed by atoms with van der Waals surface area (Å²) < 4.78 is 6.11. The summed E-state index contributed by atoms with van der Waals surface area (Å²) in [6.07, 6.45) is 0. The topological polar surface area (TPSA) is 22.8 Å². The molecule has 8 aromatic rings. The minimum absolute atomic E-state index is 1.06. The van der Waals surface area contributed by atoms with Crippen molar-refractivity contribution in [1.82, 2.24) is 14.1 Å². The highest BCUT2D eigenvalue weighted by atomic mass is 32.1. The fraction of sp³-hybridized carbons (Fsp3) is 0.0833. The largest absolute Gasteiger partial charge is 0.295 e. The normalized spacial score (nSPS) is 11.9. The van der Waals surface area contributed by atoms with Gasteiger partial charge in [-0.05, 0) is 93.1 Å². The fourth-order valence-corrected chi connectivity index (χ4v) is 7.11. The molecule has 0 radical (unpaired) electrons. The molecule has 3 heterocycles. The molecule has 3 nitrogen and oxygen atoms in total. The van der Waals surface area contributed by atoms with Crippen LogP contribution in [0.4, 0.5) is 0 Å². The van der Waals surface area contributed by atoms with Gasteiger partial charge in [-0.15, -0.1) is 11.3 Å². The summed E-state index contributed by atoms with van der Waals surface area (Å²) in [7, 11) is 0. The van der Waals surface area contributed by atoms with Gasteiger partial charge in [0.1, 0.15) is 10.7 Å². The maximum atomic E-state index is 4.92. The van der Waals surface area contributed by atoms with E-state index in [1.54, 1.807) is 11.3 Å². The fourth-order valence-electron chi connectivity index (χ4n) is 6.15. The zero-order chi connectivity index (χ0) is 27.0. The zero-order valence-electron chi connectivity index (χ0n) is 22.6. The van der Waals surface area contributed by atoms with Crippen molar-refractivity contribution in [1.29, 1.82) is 0 Å². The maximum absolute atomic E-state index is 4.92. The Bertz CT molecular complexity index is 2210. The molecule has 40 heavy (non-hydrogen) atoms. The first kappa shape index (κ1) is 23.2. The molecule has 0 spiro atoms. The van der Waals surface area contributed by atoms with Crippen LogP contribution in [-0.2, 0) is 0 Å². The average molecular weight is 534 g/mol. The van der Waals surface area contributed by atoms with Gasteiger partial charge in [-0.2, -0.15) is 0 Å². The number of hydrogen-bond donors (Lipinski definition) is 0. The average Bonchev–Trinajstić information content (AvgIpc) is 3.63. The lowest BCUT2D eigenvalue weighted by atomic mass is 10.1. The summed E-state index contributed by atoms with van der Waals surface area (Å²) >= 11 is 1.75. The number of hydrogen-bond acceptors (Lipinski definition) is 2. The monoisotopic (exact) mass is 533 g/mol. The third-order valence-electron chi connectivity index (χ3n) is 7.96. The van der Waals surface area contributed by atoms with Crippen LogP contribution in [-0.4, -0.2) is 14.1 Å². The molecule has 0 aliphatic heterocycles. The second kappa shape index (κ2) is 8.67. The van der Waals surface area contributed by atoms with Crippen LogP contribution >= 0.6 is 11.3 Å². The predicted molar refractivity (Wildman–Crippen MR) is 170 cm³/mol. The SMILES string of the molecule is Cc1ccc2c(c1)c1c3cc(C)ccc3n(-c3ccc(-c4nc5ccccc5s4)cc3C)c1n2-c1ccccc1. The standard InChI is InChI=1S/C36H27N3S/c1-22-13-16-31-27(19-22)34-28-20-23(2)14-17-32(28)39(36(34)38(31)26-9-5-4-6-10-26)30-18-15-25(21-24(30)3)35-37-29-11-7-8-12-33(29)40-35/h4-21H,1-3H3. The zero-order valence-corrected chi connectivity index (χ0v) is 23.5. The summed E-state index contributed by atoms with van der Waals surface area (Å²) in [6.45, 7) is 6.58. The van der Waals surface area contributed by atoms with Crippen molar-refractivity contribution in [3.63, 3.8) is 0 Å². The number of para-hydroxylation sites is 2. The smallest absolute Gasteiger partial charge is 0.131 e. The van der Waals surface area contributed by atoms with Gasteiger partial charge in [0.15, 0.2) is 0 Å². The van der Waals surface area contributed by atoms with E-state index >= 15 is 0 Å². The van der Waals surface area contributed by atoms with Crippen molar-refractivity contribution < 1.29 is 0 Å². The summed E-state index contributed by atoms with van der Waals surface area (Å²) in [5.41, 5.74) is 12.0. The van der Waals surface area contributed by atoms with Crippen LogP contribution in [0.5, 0.6) is 0 Å². The molecule has 0 atom stereocenters. The van der Waals surface area contributed by atoms with E-state index in [2.05, 4.69) is 139 Å². The lowest BCUT2D eigenvalue weighted by Crippen LogP contribution is -2.03. The van der Waals surface area contributed by atoms with Crippen LogP contribution in [0.1, 0.15) is 16.7 Å².